The summed E-state index contributed by atoms with van der Waals surface area (Å²) >= 11 is 7.22. The minimum Gasteiger partial charge on any atom is -0.354 e. The minimum atomic E-state index is -0.670. The summed E-state index contributed by atoms with van der Waals surface area (Å²) in [6.45, 7) is 6.09. The smallest absolute Gasteiger partial charge is 0.218 e. The standard InChI is InChI=1S/C26H46BClN2O/c1-24(2,23(31)30-22-18-14-10-6-7-11-15-19-22)27-25(3,29)26(28)20-16-12-8-4-5-9-13-17-21-26/h22,27H,4-12,14-16,18-21,29H2,1-3H3,(H,30,31). The van der Waals surface area contributed by atoms with Crippen molar-refractivity contribution in [2.75, 3.05) is 0 Å². The van der Waals surface area contributed by atoms with E-state index in [1.54, 1.807) is 0 Å². The van der Waals surface area contributed by atoms with Gasteiger partial charge in [0.15, 0.2) is 7.28 Å². The molecule has 2 atom stereocenters. The normalized spacial score (nSPS) is 27.1. The van der Waals surface area contributed by atoms with E-state index in [2.05, 4.69) is 17.2 Å². The van der Waals surface area contributed by atoms with Crippen molar-refractivity contribution in [2.45, 2.75) is 145 Å². The van der Waals surface area contributed by atoms with Crippen molar-refractivity contribution in [3.8, 4) is 11.8 Å². The largest absolute Gasteiger partial charge is 0.354 e. The molecule has 0 aromatic rings. The third-order valence-corrected chi connectivity index (χ3v) is 8.26. The van der Waals surface area contributed by atoms with Crippen molar-refractivity contribution < 1.29 is 4.79 Å². The number of carbonyl (C=O) groups excluding carboxylic acids is 1. The molecule has 1 amide bonds. The van der Waals surface area contributed by atoms with Crippen LogP contribution < -0.4 is 11.1 Å². The molecule has 1 fully saturated rings. The number of halogens is 1. The summed E-state index contributed by atoms with van der Waals surface area (Å²) in [5.41, 5.74) is 6.25. The molecule has 3 nitrogen and oxygen atoms in total. The van der Waals surface area contributed by atoms with E-state index in [1.165, 1.54) is 64.2 Å². The molecule has 0 heterocycles. The van der Waals surface area contributed by atoms with Gasteiger partial charge in [0.25, 0.3) is 0 Å². The molecule has 0 radical (unpaired) electrons. The maximum Gasteiger partial charge on any atom is 0.218 e. The molecule has 0 aromatic heterocycles. The average molecular weight is 449 g/mol. The molecular formula is C26H46BClN2O. The van der Waals surface area contributed by atoms with E-state index in [9.17, 15) is 4.79 Å². The molecule has 2 unspecified atom stereocenters. The first-order valence-electron chi connectivity index (χ1n) is 12.9. The van der Waals surface area contributed by atoms with Crippen molar-refractivity contribution in [2.24, 2.45) is 5.73 Å². The van der Waals surface area contributed by atoms with Crippen LogP contribution >= 0.6 is 11.6 Å². The molecule has 3 N–H and O–H groups in total. The van der Waals surface area contributed by atoms with Crippen LogP contribution in [0.1, 0.15) is 124 Å². The highest BCUT2D eigenvalue weighted by Crippen LogP contribution is 2.40. The first-order chi connectivity index (χ1) is 14.7. The predicted octanol–water partition coefficient (Wildman–Crippen LogP) is 6.03. The van der Waals surface area contributed by atoms with E-state index in [4.69, 9.17) is 17.3 Å². The Labute approximate surface area is 197 Å². The predicted molar refractivity (Wildman–Crippen MR) is 136 cm³/mol. The Kier molecular flexibility index (Phi) is 10.8. The lowest BCUT2D eigenvalue weighted by Gasteiger charge is -2.44. The Morgan fingerprint density at radius 3 is 2.13 bits per heavy atom. The van der Waals surface area contributed by atoms with E-state index in [1.807, 2.05) is 20.8 Å². The van der Waals surface area contributed by atoms with E-state index < -0.39 is 15.6 Å². The maximum atomic E-state index is 13.3. The van der Waals surface area contributed by atoms with Gasteiger partial charge in [0.2, 0.25) is 5.91 Å². The van der Waals surface area contributed by atoms with Crippen molar-refractivity contribution in [3.63, 3.8) is 0 Å². The molecule has 2 aliphatic rings. The summed E-state index contributed by atoms with van der Waals surface area (Å²) in [7, 11) is 0.559. The fourth-order valence-corrected chi connectivity index (χ4v) is 5.60. The van der Waals surface area contributed by atoms with E-state index in [0.717, 1.165) is 32.1 Å². The van der Waals surface area contributed by atoms with Gasteiger partial charge in [0.1, 0.15) is 0 Å². The van der Waals surface area contributed by atoms with Gasteiger partial charge >= 0.3 is 0 Å². The SMILES string of the molecule is CC(C)(BC(C)(N)C1(Cl)CC#CCCCCCCC1)C(=O)NC1CCCCCCCC1. The molecule has 0 aromatic carbocycles. The number of hydrogen-bond donors (Lipinski definition) is 2. The molecule has 0 saturated heterocycles. The highest BCUT2D eigenvalue weighted by molar-refractivity contribution is 6.53. The number of rotatable bonds is 5. The summed E-state index contributed by atoms with van der Waals surface area (Å²) in [5, 5.41) is 2.81. The molecule has 2 rings (SSSR count). The van der Waals surface area contributed by atoms with E-state index in [-0.39, 0.29) is 5.91 Å². The molecule has 2 aliphatic carbocycles. The number of hydrogen-bond acceptors (Lipinski definition) is 2. The van der Waals surface area contributed by atoms with Crippen molar-refractivity contribution in [1.82, 2.24) is 5.32 Å². The molecule has 0 bridgehead atoms. The zero-order chi connectivity index (χ0) is 22.8. The topological polar surface area (TPSA) is 55.1 Å². The van der Waals surface area contributed by atoms with Crippen LogP contribution in [0.3, 0.4) is 0 Å². The maximum absolute atomic E-state index is 13.3. The number of nitrogens with one attached hydrogen (secondary N) is 1. The van der Waals surface area contributed by atoms with Gasteiger partial charge in [0, 0.05) is 29.6 Å². The van der Waals surface area contributed by atoms with E-state index >= 15 is 0 Å². The second-order valence-electron chi connectivity index (χ2n) is 11.1. The summed E-state index contributed by atoms with van der Waals surface area (Å²) in [6.07, 6.45) is 18.2. The third kappa shape index (κ3) is 8.66. The lowest BCUT2D eigenvalue weighted by atomic mass is 9.40. The number of nitrogens with two attached hydrogens (primary N) is 1. The summed E-state index contributed by atoms with van der Waals surface area (Å²) in [5.74, 6) is 6.73. The van der Waals surface area contributed by atoms with Crippen molar-refractivity contribution in [1.29, 1.82) is 0 Å². The summed E-state index contributed by atoms with van der Waals surface area (Å²) in [6, 6.07) is 0.294. The average Bonchev–Trinajstić information content (AvgIpc) is 2.78. The number of amides is 1. The molecule has 1 saturated carbocycles. The van der Waals surface area contributed by atoms with Gasteiger partial charge in [-0.2, -0.15) is 0 Å². The first-order valence-corrected chi connectivity index (χ1v) is 13.3. The zero-order valence-corrected chi connectivity index (χ0v) is 21.2. The minimum absolute atomic E-state index is 0.122. The van der Waals surface area contributed by atoms with E-state index in [0.29, 0.717) is 19.7 Å². The van der Waals surface area contributed by atoms with Crippen LogP contribution in [0.4, 0.5) is 0 Å². The van der Waals surface area contributed by atoms with Crippen LogP contribution in [-0.4, -0.2) is 29.5 Å². The quantitative estimate of drug-likeness (QED) is 0.306. The monoisotopic (exact) mass is 448 g/mol. The Morgan fingerprint density at radius 1 is 0.935 bits per heavy atom. The Hall–Kier alpha value is -0.655. The van der Waals surface area contributed by atoms with Gasteiger partial charge in [-0.25, -0.2) is 0 Å². The summed E-state index contributed by atoms with van der Waals surface area (Å²) in [4.78, 5) is 12.7. The zero-order valence-electron chi connectivity index (χ0n) is 20.5. The van der Waals surface area contributed by atoms with Gasteiger partial charge in [-0.05, 0) is 25.7 Å². The van der Waals surface area contributed by atoms with Gasteiger partial charge in [0.05, 0.1) is 4.87 Å². The van der Waals surface area contributed by atoms with Gasteiger partial charge < -0.3 is 11.1 Å². The summed E-state index contributed by atoms with van der Waals surface area (Å²) < 4.78 is 0. The molecular weight excluding hydrogens is 403 g/mol. The van der Waals surface area contributed by atoms with Crippen LogP contribution in [0.5, 0.6) is 0 Å². The highest BCUT2D eigenvalue weighted by atomic mass is 35.5. The number of alkyl halides is 1. The lowest BCUT2D eigenvalue weighted by molar-refractivity contribution is -0.124. The van der Waals surface area contributed by atoms with Gasteiger partial charge in [-0.1, -0.05) is 85.0 Å². The Morgan fingerprint density at radius 2 is 1.48 bits per heavy atom. The fourth-order valence-electron chi connectivity index (χ4n) is 5.33. The van der Waals surface area contributed by atoms with Crippen LogP contribution in [-0.2, 0) is 4.79 Å². The Bertz CT molecular complexity index is 615. The fraction of sp³-hybridized carbons (Fsp3) is 0.885. The van der Waals surface area contributed by atoms with Crippen LogP contribution in [0.15, 0.2) is 0 Å². The van der Waals surface area contributed by atoms with Crippen LogP contribution in [0.2, 0.25) is 5.31 Å². The molecule has 31 heavy (non-hydrogen) atoms. The van der Waals surface area contributed by atoms with Crippen LogP contribution in [0, 0.1) is 11.8 Å². The Balaban J connectivity index is 2.05. The molecule has 0 spiro atoms. The van der Waals surface area contributed by atoms with Gasteiger partial charge in [-0.3, -0.25) is 4.79 Å². The second-order valence-corrected chi connectivity index (χ2v) is 11.8. The van der Waals surface area contributed by atoms with Crippen molar-refractivity contribution >= 4 is 24.8 Å². The lowest BCUT2D eigenvalue weighted by Crippen LogP contribution is -2.63. The van der Waals surface area contributed by atoms with Crippen molar-refractivity contribution in [3.05, 3.63) is 0 Å². The first kappa shape index (κ1) is 26.6. The van der Waals surface area contributed by atoms with Gasteiger partial charge in [-0.15, -0.1) is 23.4 Å². The molecule has 176 valence electrons. The number of carbonyl (C=O) groups is 1. The highest BCUT2D eigenvalue weighted by Gasteiger charge is 2.48. The molecule has 5 heteroatoms. The third-order valence-electron chi connectivity index (χ3n) is 7.51. The second kappa shape index (κ2) is 12.5. The molecule has 0 aliphatic heterocycles. The van der Waals surface area contributed by atoms with Crippen LogP contribution in [0.25, 0.3) is 0 Å².